The number of hydrogen-bond donors (Lipinski definition) is 1. The molecule has 0 atom stereocenters. The first-order chi connectivity index (χ1) is 13.8. The molecule has 28 heavy (non-hydrogen) atoms. The van der Waals surface area contributed by atoms with Crippen LogP contribution in [-0.2, 0) is 4.74 Å². The van der Waals surface area contributed by atoms with Crippen LogP contribution in [0.3, 0.4) is 0 Å². The van der Waals surface area contributed by atoms with Crippen LogP contribution in [0.1, 0.15) is 5.76 Å². The molecule has 0 spiro atoms. The molecule has 1 aliphatic rings. The van der Waals surface area contributed by atoms with Crippen molar-refractivity contribution in [1.29, 1.82) is 0 Å². The zero-order chi connectivity index (χ0) is 19.2. The molecule has 0 bridgehead atoms. The maximum absolute atomic E-state index is 14.0. The van der Waals surface area contributed by atoms with Crippen LogP contribution in [0.5, 0.6) is 0 Å². The number of anilines is 2. The zero-order valence-electron chi connectivity index (χ0n) is 14.9. The Balaban J connectivity index is 1.38. The van der Waals surface area contributed by atoms with Crippen molar-refractivity contribution in [2.45, 2.75) is 9.99 Å². The van der Waals surface area contributed by atoms with Crippen LogP contribution < -0.4 is 10.3 Å². The van der Waals surface area contributed by atoms with Crippen molar-refractivity contribution in [3.8, 4) is 0 Å². The highest BCUT2D eigenvalue weighted by molar-refractivity contribution is 7.99. The summed E-state index contributed by atoms with van der Waals surface area (Å²) in [5, 5.41) is 4.84. The molecule has 7 nitrogen and oxygen atoms in total. The lowest BCUT2D eigenvalue weighted by Crippen LogP contribution is -2.37. The topological polar surface area (TPSA) is 75.8 Å². The van der Waals surface area contributed by atoms with Gasteiger partial charge in [0.2, 0.25) is 5.95 Å². The third-order valence-corrected chi connectivity index (χ3v) is 4.88. The molecule has 9 heteroatoms. The minimum atomic E-state index is -0.468. The second-order valence-electron chi connectivity index (χ2n) is 5.91. The summed E-state index contributed by atoms with van der Waals surface area (Å²) in [5.41, 5.74) is 2.71. The number of halogens is 1. The Morgan fingerprint density at radius 2 is 1.96 bits per heavy atom. The van der Waals surface area contributed by atoms with Gasteiger partial charge >= 0.3 is 0 Å². The van der Waals surface area contributed by atoms with Gasteiger partial charge in [0.1, 0.15) is 5.76 Å². The van der Waals surface area contributed by atoms with E-state index in [1.165, 1.54) is 18.0 Å². The van der Waals surface area contributed by atoms with Gasteiger partial charge in [0, 0.05) is 18.0 Å². The van der Waals surface area contributed by atoms with Gasteiger partial charge in [-0.25, -0.2) is 14.8 Å². The van der Waals surface area contributed by atoms with Crippen LogP contribution in [0.25, 0.3) is 0 Å². The zero-order valence-corrected chi connectivity index (χ0v) is 15.7. The molecule has 2 aromatic heterocycles. The fourth-order valence-electron chi connectivity index (χ4n) is 2.63. The monoisotopic (exact) mass is 399 g/mol. The van der Waals surface area contributed by atoms with Gasteiger partial charge in [-0.3, -0.25) is 0 Å². The van der Waals surface area contributed by atoms with Gasteiger partial charge in [-0.1, -0.05) is 30.0 Å². The smallest absolute Gasteiger partial charge is 0.245 e. The first kappa shape index (κ1) is 18.5. The van der Waals surface area contributed by atoms with Crippen molar-refractivity contribution < 1.29 is 13.5 Å². The van der Waals surface area contributed by atoms with Gasteiger partial charge < -0.3 is 14.1 Å². The standard InChI is InChI=1S/C19H18FN5O2S/c20-16-13-21-19(23-18(16)25-8-10-26-11-9-25)24-22-12-14-6-7-17(27-14)28-15-4-2-1-3-5-15/h1-7,12-13H,8-11H2,(H,21,23,24)/b22-12+. The first-order valence-corrected chi connectivity index (χ1v) is 9.56. The van der Waals surface area contributed by atoms with Crippen molar-refractivity contribution in [2.24, 2.45) is 5.10 Å². The maximum Gasteiger partial charge on any atom is 0.245 e. The Labute approximate surface area is 165 Å². The predicted molar refractivity (Wildman–Crippen MR) is 106 cm³/mol. The molecular weight excluding hydrogens is 381 g/mol. The molecule has 0 aliphatic carbocycles. The van der Waals surface area contributed by atoms with Crippen LogP contribution in [-0.4, -0.2) is 42.5 Å². The number of aromatic nitrogens is 2. The summed E-state index contributed by atoms with van der Waals surface area (Å²) >= 11 is 1.53. The quantitative estimate of drug-likeness (QED) is 0.501. The van der Waals surface area contributed by atoms with Crippen molar-refractivity contribution >= 4 is 29.7 Å². The minimum Gasteiger partial charge on any atom is -0.448 e. The fraction of sp³-hybridized carbons (Fsp3) is 0.211. The molecule has 1 fully saturated rings. The third-order valence-electron chi connectivity index (χ3n) is 3.96. The summed E-state index contributed by atoms with van der Waals surface area (Å²) in [6.07, 6.45) is 2.66. The van der Waals surface area contributed by atoms with Crippen LogP contribution in [0.15, 0.2) is 68.2 Å². The molecule has 4 rings (SSSR count). The molecule has 144 valence electrons. The molecule has 1 aliphatic heterocycles. The highest BCUT2D eigenvalue weighted by Gasteiger charge is 2.17. The van der Waals surface area contributed by atoms with E-state index in [9.17, 15) is 4.39 Å². The number of ether oxygens (including phenoxy) is 1. The van der Waals surface area contributed by atoms with Gasteiger partial charge in [-0.2, -0.15) is 10.1 Å². The summed E-state index contributed by atoms with van der Waals surface area (Å²) in [6.45, 7) is 2.27. The predicted octanol–water partition coefficient (Wildman–Crippen LogP) is 3.64. The number of nitrogens with one attached hydrogen (secondary N) is 1. The highest BCUT2D eigenvalue weighted by atomic mass is 32.2. The SMILES string of the molecule is Fc1cnc(N/N=C/c2ccc(Sc3ccccc3)o2)nc1N1CCOCC1. The van der Waals surface area contributed by atoms with E-state index in [0.29, 0.717) is 32.1 Å². The van der Waals surface area contributed by atoms with E-state index in [2.05, 4.69) is 20.5 Å². The molecular formula is C19H18FN5O2S. The normalized spacial score (nSPS) is 14.5. The number of hydrogen-bond acceptors (Lipinski definition) is 8. The number of morpholine rings is 1. The Hall–Kier alpha value is -2.91. The number of hydrazone groups is 1. The number of rotatable bonds is 6. The van der Waals surface area contributed by atoms with Crippen molar-refractivity contribution in [3.05, 3.63) is 60.2 Å². The summed E-state index contributed by atoms with van der Waals surface area (Å²) in [7, 11) is 0. The average Bonchev–Trinajstić information content (AvgIpc) is 3.18. The van der Waals surface area contributed by atoms with E-state index in [4.69, 9.17) is 9.15 Å². The molecule has 3 heterocycles. The molecule has 1 aromatic carbocycles. The van der Waals surface area contributed by atoms with Crippen LogP contribution in [0.4, 0.5) is 16.2 Å². The third kappa shape index (κ3) is 4.68. The van der Waals surface area contributed by atoms with Gasteiger partial charge in [-0.15, -0.1) is 0 Å². The Kier molecular flexibility index (Phi) is 5.83. The van der Waals surface area contributed by atoms with E-state index in [1.54, 1.807) is 0 Å². The summed E-state index contributed by atoms with van der Waals surface area (Å²) in [4.78, 5) is 11.1. The fourth-order valence-corrected chi connectivity index (χ4v) is 3.43. The van der Waals surface area contributed by atoms with Crippen LogP contribution >= 0.6 is 11.8 Å². The summed E-state index contributed by atoms with van der Waals surface area (Å²) < 4.78 is 25.0. The largest absolute Gasteiger partial charge is 0.448 e. The van der Waals surface area contributed by atoms with Crippen LogP contribution in [0, 0.1) is 5.82 Å². The molecule has 0 amide bonds. The second-order valence-corrected chi connectivity index (χ2v) is 6.98. The Morgan fingerprint density at radius 3 is 2.79 bits per heavy atom. The molecule has 0 radical (unpaired) electrons. The van der Waals surface area contributed by atoms with E-state index in [0.717, 1.165) is 16.2 Å². The molecule has 3 aromatic rings. The number of benzene rings is 1. The molecule has 0 saturated carbocycles. The van der Waals surface area contributed by atoms with Gasteiger partial charge in [0.25, 0.3) is 0 Å². The lowest BCUT2D eigenvalue weighted by atomic mass is 10.4. The average molecular weight is 399 g/mol. The second kappa shape index (κ2) is 8.85. The van der Waals surface area contributed by atoms with Crippen molar-refractivity contribution in [3.63, 3.8) is 0 Å². The van der Waals surface area contributed by atoms with Gasteiger partial charge in [0.15, 0.2) is 16.7 Å². The lowest BCUT2D eigenvalue weighted by molar-refractivity contribution is 0.122. The minimum absolute atomic E-state index is 0.213. The van der Waals surface area contributed by atoms with Crippen LogP contribution in [0.2, 0.25) is 0 Å². The van der Waals surface area contributed by atoms with E-state index < -0.39 is 5.82 Å². The van der Waals surface area contributed by atoms with Crippen molar-refractivity contribution in [2.75, 3.05) is 36.6 Å². The summed E-state index contributed by atoms with van der Waals surface area (Å²) in [5.74, 6) is 0.576. The lowest BCUT2D eigenvalue weighted by Gasteiger charge is -2.27. The molecule has 1 N–H and O–H groups in total. The van der Waals surface area contributed by atoms with E-state index in [-0.39, 0.29) is 11.8 Å². The molecule has 0 unspecified atom stereocenters. The van der Waals surface area contributed by atoms with Gasteiger partial charge in [-0.05, 0) is 24.3 Å². The van der Waals surface area contributed by atoms with E-state index in [1.807, 2.05) is 47.4 Å². The Bertz CT molecular complexity index is 945. The Morgan fingerprint density at radius 1 is 1.14 bits per heavy atom. The van der Waals surface area contributed by atoms with Gasteiger partial charge in [0.05, 0.1) is 25.6 Å². The summed E-state index contributed by atoms with van der Waals surface area (Å²) in [6, 6.07) is 13.7. The number of nitrogens with zero attached hydrogens (tertiary/aromatic N) is 4. The highest BCUT2D eigenvalue weighted by Crippen LogP contribution is 2.28. The number of furan rings is 1. The molecule has 1 saturated heterocycles. The van der Waals surface area contributed by atoms with Crippen molar-refractivity contribution in [1.82, 2.24) is 9.97 Å². The first-order valence-electron chi connectivity index (χ1n) is 8.75. The van der Waals surface area contributed by atoms with E-state index >= 15 is 0 Å². The maximum atomic E-state index is 14.0.